The summed E-state index contributed by atoms with van der Waals surface area (Å²) < 4.78 is 0. The van der Waals surface area contributed by atoms with Gasteiger partial charge in [0, 0.05) is 35.5 Å². The van der Waals surface area contributed by atoms with E-state index in [1.807, 2.05) is 18.2 Å². The molecule has 0 aromatic heterocycles. The zero-order valence-electron chi connectivity index (χ0n) is 14.8. The number of nitrogens with zero attached hydrogens (tertiary/aromatic N) is 1. The fourth-order valence-electron chi connectivity index (χ4n) is 2.59. The monoisotopic (exact) mass is 375 g/mol. The summed E-state index contributed by atoms with van der Waals surface area (Å²) in [5, 5.41) is 16.3. The Kier molecular flexibility index (Phi) is 5.76. The van der Waals surface area contributed by atoms with Crippen LogP contribution in [0.4, 0.5) is 11.4 Å². The molecule has 3 aromatic carbocycles. The van der Waals surface area contributed by atoms with Crippen LogP contribution in [-0.4, -0.2) is 16.7 Å². The number of non-ortho nitro benzene ring substituents is 1. The molecule has 0 saturated carbocycles. The lowest BCUT2D eigenvalue weighted by Crippen LogP contribution is -2.23. The van der Waals surface area contributed by atoms with Gasteiger partial charge in [0.15, 0.2) is 0 Å². The lowest BCUT2D eigenvalue weighted by atomic mass is 10.1. The van der Waals surface area contributed by atoms with Crippen LogP contribution in [0, 0.1) is 10.1 Å². The second-order valence-electron chi connectivity index (χ2n) is 6.01. The second kappa shape index (κ2) is 8.59. The van der Waals surface area contributed by atoms with Crippen LogP contribution in [-0.2, 0) is 6.54 Å². The van der Waals surface area contributed by atoms with E-state index in [9.17, 15) is 19.7 Å². The number of carbonyl (C=O) groups excluding carboxylic acids is 2. The van der Waals surface area contributed by atoms with Crippen molar-refractivity contribution in [2.24, 2.45) is 0 Å². The fourth-order valence-corrected chi connectivity index (χ4v) is 2.59. The van der Waals surface area contributed by atoms with Crippen molar-refractivity contribution in [3.8, 4) is 0 Å². The van der Waals surface area contributed by atoms with Crippen LogP contribution in [0.3, 0.4) is 0 Å². The highest BCUT2D eigenvalue weighted by atomic mass is 16.6. The molecule has 0 bridgehead atoms. The van der Waals surface area contributed by atoms with Crippen molar-refractivity contribution in [1.82, 2.24) is 5.32 Å². The summed E-state index contributed by atoms with van der Waals surface area (Å²) in [5.41, 5.74) is 1.95. The smallest absolute Gasteiger partial charge is 0.270 e. The summed E-state index contributed by atoms with van der Waals surface area (Å²) in [6.07, 6.45) is 0. The van der Waals surface area contributed by atoms with Gasteiger partial charge in [0.05, 0.1) is 4.92 Å². The van der Waals surface area contributed by atoms with E-state index in [0.29, 0.717) is 11.3 Å². The van der Waals surface area contributed by atoms with Gasteiger partial charge in [0.1, 0.15) is 0 Å². The molecule has 0 fully saturated rings. The zero-order valence-corrected chi connectivity index (χ0v) is 14.8. The number of hydrogen-bond donors (Lipinski definition) is 2. The number of benzene rings is 3. The van der Waals surface area contributed by atoms with Crippen molar-refractivity contribution in [3.05, 3.63) is 106 Å². The molecular formula is C21H17N3O4. The minimum Gasteiger partial charge on any atom is -0.348 e. The Hall–Kier alpha value is -4.00. The highest BCUT2D eigenvalue weighted by molar-refractivity contribution is 6.04. The van der Waals surface area contributed by atoms with Crippen LogP contribution in [0.1, 0.15) is 26.3 Å². The lowest BCUT2D eigenvalue weighted by molar-refractivity contribution is -0.384. The van der Waals surface area contributed by atoms with Crippen LogP contribution in [0.5, 0.6) is 0 Å². The Morgan fingerprint density at radius 1 is 0.821 bits per heavy atom. The first-order valence-electron chi connectivity index (χ1n) is 8.51. The van der Waals surface area contributed by atoms with Gasteiger partial charge in [-0.15, -0.1) is 0 Å². The fraction of sp³-hybridized carbons (Fsp3) is 0.0476. The molecule has 0 saturated heterocycles. The molecule has 2 amide bonds. The number of nitrogens with one attached hydrogen (secondary N) is 2. The molecule has 0 spiro atoms. The van der Waals surface area contributed by atoms with Crippen LogP contribution >= 0.6 is 0 Å². The van der Waals surface area contributed by atoms with E-state index in [2.05, 4.69) is 10.6 Å². The molecule has 2 N–H and O–H groups in total. The van der Waals surface area contributed by atoms with E-state index in [-0.39, 0.29) is 23.7 Å². The summed E-state index contributed by atoms with van der Waals surface area (Å²) in [7, 11) is 0. The number of rotatable bonds is 6. The first-order chi connectivity index (χ1) is 13.5. The maximum atomic E-state index is 12.4. The first-order valence-corrected chi connectivity index (χ1v) is 8.51. The van der Waals surface area contributed by atoms with E-state index >= 15 is 0 Å². The normalized spacial score (nSPS) is 10.1. The van der Waals surface area contributed by atoms with Gasteiger partial charge in [-0.25, -0.2) is 0 Å². The zero-order chi connectivity index (χ0) is 19.9. The topological polar surface area (TPSA) is 101 Å². The molecule has 3 aromatic rings. The minimum absolute atomic E-state index is 0.146. The van der Waals surface area contributed by atoms with Gasteiger partial charge in [-0.1, -0.05) is 36.4 Å². The van der Waals surface area contributed by atoms with Crippen molar-refractivity contribution < 1.29 is 14.5 Å². The third-order valence-corrected chi connectivity index (χ3v) is 3.99. The predicted octanol–water partition coefficient (Wildman–Crippen LogP) is 3.78. The predicted molar refractivity (Wildman–Crippen MR) is 105 cm³/mol. The molecular weight excluding hydrogens is 358 g/mol. The summed E-state index contributed by atoms with van der Waals surface area (Å²) >= 11 is 0. The lowest BCUT2D eigenvalue weighted by Gasteiger charge is -2.08. The van der Waals surface area contributed by atoms with Gasteiger partial charge in [0.2, 0.25) is 0 Å². The number of para-hydroxylation sites is 1. The molecule has 0 unspecified atom stereocenters. The maximum absolute atomic E-state index is 12.4. The molecule has 3 rings (SSSR count). The summed E-state index contributed by atoms with van der Waals surface area (Å²) in [5.74, 6) is -0.680. The number of amides is 2. The van der Waals surface area contributed by atoms with Gasteiger partial charge < -0.3 is 10.6 Å². The molecule has 140 valence electrons. The Labute approximate surface area is 161 Å². The number of hydrogen-bond acceptors (Lipinski definition) is 4. The van der Waals surface area contributed by atoms with Crippen LogP contribution in [0.25, 0.3) is 0 Å². The van der Waals surface area contributed by atoms with Gasteiger partial charge in [0.25, 0.3) is 17.5 Å². The second-order valence-corrected chi connectivity index (χ2v) is 6.01. The van der Waals surface area contributed by atoms with Crippen molar-refractivity contribution in [3.63, 3.8) is 0 Å². The standard InChI is InChI=1S/C21H17N3O4/c25-20(17-8-5-11-19(13-17)24(27)28)22-14-15-6-4-7-16(12-15)21(26)23-18-9-2-1-3-10-18/h1-13H,14H2,(H,22,25)(H,23,26). The molecule has 28 heavy (non-hydrogen) atoms. The van der Waals surface area contributed by atoms with Crippen molar-refractivity contribution in [2.75, 3.05) is 5.32 Å². The number of nitro groups is 1. The number of anilines is 1. The van der Waals surface area contributed by atoms with Crippen LogP contribution in [0.15, 0.2) is 78.9 Å². The van der Waals surface area contributed by atoms with Gasteiger partial charge in [-0.05, 0) is 35.9 Å². The average molecular weight is 375 g/mol. The Morgan fingerprint density at radius 2 is 1.50 bits per heavy atom. The van der Waals surface area contributed by atoms with Gasteiger partial charge in [-0.2, -0.15) is 0 Å². The SMILES string of the molecule is O=C(NCc1cccc(C(=O)Nc2ccccc2)c1)c1cccc([N+](=O)[O-])c1. The molecule has 7 nitrogen and oxygen atoms in total. The third-order valence-electron chi connectivity index (χ3n) is 3.99. The minimum atomic E-state index is -0.550. The summed E-state index contributed by atoms with van der Waals surface area (Å²) in [4.78, 5) is 34.9. The molecule has 7 heteroatoms. The maximum Gasteiger partial charge on any atom is 0.270 e. The molecule has 0 aliphatic heterocycles. The Bertz CT molecular complexity index is 1020. The Morgan fingerprint density at radius 3 is 2.21 bits per heavy atom. The van der Waals surface area contributed by atoms with E-state index in [0.717, 1.165) is 5.56 Å². The van der Waals surface area contributed by atoms with Crippen LogP contribution in [0.2, 0.25) is 0 Å². The molecule has 0 heterocycles. The van der Waals surface area contributed by atoms with Crippen LogP contribution < -0.4 is 10.6 Å². The van der Waals surface area contributed by atoms with E-state index in [1.165, 1.54) is 24.3 Å². The molecule has 0 radical (unpaired) electrons. The van der Waals surface area contributed by atoms with E-state index in [4.69, 9.17) is 0 Å². The van der Waals surface area contributed by atoms with Crippen molar-refractivity contribution in [1.29, 1.82) is 0 Å². The van der Waals surface area contributed by atoms with Gasteiger partial charge >= 0.3 is 0 Å². The largest absolute Gasteiger partial charge is 0.348 e. The van der Waals surface area contributed by atoms with E-state index in [1.54, 1.807) is 36.4 Å². The van der Waals surface area contributed by atoms with Crippen molar-refractivity contribution >= 4 is 23.2 Å². The van der Waals surface area contributed by atoms with Gasteiger partial charge in [-0.3, -0.25) is 19.7 Å². The first kappa shape index (κ1) is 18.8. The highest BCUT2D eigenvalue weighted by Gasteiger charge is 2.12. The third kappa shape index (κ3) is 4.79. The number of carbonyl (C=O) groups is 2. The summed E-state index contributed by atoms with van der Waals surface area (Å²) in [6, 6.07) is 21.5. The summed E-state index contributed by atoms with van der Waals surface area (Å²) in [6.45, 7) is 0.188. The van der Waals surface area contributed by atoms with Crippen molar-refractivity contribution in [2.45, 2.75) is 6.54 Å². The number of nitro benzene ring substituents is 1. The molecule has 0 aliphatic carbocycles. The Balaban J connectivity index is 1.64. The van der Waals surface area contributed by atoms with E-state index < -0.39 is 10.8 Å². The quantitative estimate of drug-likeness (QED) is 0.506. The molecule has 0 aliphatic rings. The average Bonchev–Trinajstić information content (AvgIpc) is 2.73. The highest BCUT2D eigenvalue weighted by Crippen LogP contribution is 2.14. The molecule has 0 atom stereocenters.